The molecule has 140 valence electrons. The van der Waals surface area contributed by atoms with Crippen molar-refractivity contribution >= 4 is 34.6 Å². The third-order valence-corrected chi connectivity index (χ3v) is 5.14. The number of carbonyl (C=O) groups excluding carboxylic acids is 1. The summed E-state index contributed by atoms with van der Waals surface area (Å²) in [5.41, 5.74) is 2.07. The maximum absolute atomic E-state index is 13.1. The van der Waals surface area contributed by atoms with E-state index in [0.29, 0.717) is 16.6 Å². The van der Waals surface area contributed by atoms with Gasteiger partial charge in [0.05, 0.1) is 19.9 Å². The molecule has 0 atom stereocenters. The Labute approximate surface area is 163 Å². The highest BCUT2D eigenvalue weighted by Crippen LogP contribution is 2.31. The van der Waals surface area contributed by atoms with Gasteiger partial charge in [-0.1, -0.05) is 36.9 Å². The third-order valence-electron chi connectivity index (χ3n) is 4.00. The number of aliphatic imine (C=N–C) groups is 1. The van der Waals surface area contributed by atoms with E-state index in [1.165, 1.54) is 0 Å². The highest BCUT2D eigenvalue weighted by atomic mass is 32.2. The van der Waals surface area contributed by atoms with Gasteiger partial charge in [-0.3, -0.25) is 9.69 Å². The van der Waals surface area contributed by atoms with Crippen LogP contribution in [-0.4, -0.2) is 31.0 Å². The number of carbonyl (C=O) groups is 1. The molecule has 0 aliphatic carbocycles. The lowest BCUT2D eigenvalue weighted by atomic mass is 10.2. The second-order valence-electron chi connectivity index (χ2n) is 5.89. The Morgan fingerprint density at radius 3 is 2.48 bits per heavy atom. The van der Waals surface area contributed by atoms with Crippen molar-refractivity contribution in [3.63, 3.8) is 0 Å². The lowest BCUT2D eigenvalue weighted by Crippen LogP contribution is -2.30. The number of hydrogen-bond acceptors (Lipinski definition) is 5. The third kappa shape index (κ3) is 4.34. The summed E-state index contributed by atoms with van der Waals surface area (Å²) in [4.78, 5) is 19.3. The van der Waals surface area contributed by atoms with E-state index in [9.17, 15) is 4.79 Å². The fraction of sp³-hybridized carbons (Fsp3) is 0.238. The number of nitrogens with zero attached hydrogens (tertiary/aromatic N) is 2. The molecular formula is C21H22N2O3S. The van der Waals surface area contributed by atoms with Crippen LogP contribution in [0, 0.1) is 0 Å². The van der Waals surface area contributed by atoms with Crippen molar-refractivity contribution in [1.29, 1.82) is 0 Å². The van der Waals surface area contributed by atoms with Gasteiger partial charge in [-0.25, -0.2) is 4.99 Å². The molecule has 5 nitrogen and oxygen atoms in total. The Morgan fingerprint density at radius 1 is 1.07 bits per heavy atom. The number of methoxy groups -OCH3 is 2. The van der Waals surface area contributed by atoms with Gasteiger partial charge in [-0.2, -0.15) is 0 Å². The number of anilines is 1. The number of amides is 1. The first kappa shape index (κ1) is 19.0. The summed E-state index contributed by atoms with van der Waals surface area (Å²) in [6, 6.07) is 15.0. The van der Waals surface area contributed by atoms with Crippen LogP contribution in [0.5, 0.6) is 11.5 Å². The van der Waals surface area contributed by atoms with E-state index in [1.807, 2.05) is 48.5 Å². The van der Waals surface area contributed by atoms with Crippen LogP contribution >= 0.6 is 11.8 Å². The van der Waals surface area contributed by atoms with Crippen molar-refractivity contribution in [2.45, 2.75) is 13.3 Å². The van der Waals surface area contributed by atoms with Crippen molar-refractivity contribution < 1.29 is 14.3 Å². The van der Waals surface area contributed by atoms with E-state index < -0.39 is 0 Å². The molecule has 0 radical (unpaired) electrons. The zero-order valence-corrected chi connectivity index (χ0v) is 16.5. The summed E-state index contributed by atoms with van der Waals surface area (Å²) >= 11 is 1.58. The predicted molar refractivity (Wildman–Crippen MR) is 112 cm³/mol. The molecule has 3 rings (SSSR count). The van der Waals surface area contributed by atoms with Crippen molar-refractivity contribution in [2.75, 3.05) is 24.9 Å². The van der Waals surface area contributed by atoms with Gasteiger partial charge in [-0.05, 0) is 42.3 Å². The topological polar surface area (TPSA) is 51.1 Å². The van der Waals surface area contributed by atoms with Gasteiger partial charge in [0.2, 0.25) is 0 Å². The molecule has 6 heteroatoms. The lowest BCUT2D eigenvalue weighted by Gasteiger charge is -2.18. The number of amidine groups is 1. The van der Waals surface area contributed by atoms with Crippen molar-refractivity contribution in [1.82, 2.24) is 0 Å². The Morgan fingerprint density at radius 2 is 1.81 bits per heavy atom. The van der Waals surface area contributed by atoms with Gasteiger partial charge in [0, 0.05) is 11.8 Å². The molecule has 0 fully saturated rings. The van der Waals surface area contributed by atoms with Crippen LogP contribution in [0.15, 0.2) is 59.2 Å². The van der Waals surface area contributed by atoms with Crippen molar-refractivity contribution in [3.8, 4) is 11.5 Å². The van der Waals surface area contributed by atoms with Crippen LogP contribution in [0.3, 0.4) is 0 Å². The SMILES string of the molecule is CCCSC1=N/C(=C/c2ccc(OC)cc2)C(=O)N1c1cccc(OC)c1. The summed E-state index contributed by atoms with van der Waals surface area (Å²) in [7, 11) is 3.24. The fourth-order valence-electron chi connectivity index (χ4n) is 2.62. The quantitative estimate of drug-likeness (QED) is 0.686. The molecule has 0 aromatic heterocycles. The number of benzene rings is 2. The molecule has 0 spiro atoms. The Kier molecular flexibility index (Phi) is 6.19. The second kappa shape index (κ2) is 8.77. The zero-order chi connectivity index (χ0) is 19.2. The zero-order valence-electron chi connectivity index (χ0n) is 15.6. The highest BCUT2D eigenvalue weighted by molar-refractivity contribution is 8.14. The number of rotatable bonds is 6. The van der Waals surface area contributed by atoms with E-state index in [-0.39, 0.29) is 5.91 Å². The normalized spacial score (nSPS) is 15.2. The van der Waals surface area contributed by atoms with Crippen LogP contribution < -0.4 is 14.4 Å². The largest absolute Gasteiger partial charge is 0.497 e. The van der Waals surface area contributed by atoms with Crippen LogP contribution in [0.2, 0.25) is 0 Å². The van der Waals surface area contributed by atoms with Gasteiger partial charge < -0.3 is 9.47 Å². The number of hydrogen-bond donors (Lipinski definition) is 0. The van der Waals surface area contributed by atoms with Crippen LogP contribution in [-0.2, 0) is 4.79 Å². The Hall–Kier alpha value is -2.73. The summed E-state index contributed by atoms with van der Waals surface area (Å²) < 4.78 is 10.5. The van der Waals surface area contributed by atoms with Gasteiger partial charge in [0.1, 0.15) is 17.2 Å². The first-order valence-corrected chi connectivity index (χ1v) is 9.70. The van der Waals surface area contributed by atoms with Gasteiger partial charge >= 0.3 is 0 Å². The fourth-order valence-corrected chi connectivity index (χ4v) is 3.49. The predicted octanol–water partition coefficient (Wildman–Crippen LogP) is 4.59. The molecule has 1 amide bonds. The second-order valence-corrected chi connectivity index (χ2v) is 6.95. The average Bonchev–Trinajstić information content (AvgIpc) is 3.02. The summed E-state index contributed by atoms with van der Waals surface area (Å²) in [6.07, 6.45) is 2.80. The first-order valence-electron chi connectivity index (χ1n) is 8.72. The molecule has 0 saturated carbocycles. The Balaban J connectivity index is 1.95. The molecule has 1 aliphatic heterocycles. The smallest absolute Gasteiger partial charge is 0.283 e. The monoisotopic (exact) mass is 382 g/mol. The molecule has 0 unspecified atom stereocenters. The minimum atomic E-state index is -0.141. The van der Waals surface area contributed by atoms with E-state index in [4.69, 9.17) is 9.47 Å². The van der Waals surface area contributed by atoms with E-state index >= 15 is 0 Å². The molecule has 0 bridgehead atoms. The van der Waals surface area contributed by atoms with Crippen LogP contribution in [0.4, 0.5) is 5.69 Å². The minimum Gasteiger partial charge on any atom is -0.497 e. The number of thioether (sulfide) groups is 1. The molecule has 1 heterocycles. The van der Waals surface area contributed by atoms with E-state index in [2.05, 4.69) is 11.9 Å². The van der Waals surface area contributed by atoms with E-state index in [1.54, 1.807) is 37.0 Å². The number of ether oxygens (including phenoxy) is 2. The van der Waals surface area contributed by atoms with Gasteiger partial charge in [0.25, 0.3) is 5.91 Å². The minimum absolute atomic E-state index is 0.141. The molecule has 0 N–H and O–H groups in total. The van der Waals surface area contributed by atoms with Gasteiger partial charge in [-0.15, -0.1) is 0 Å². The summed E-state index contributed by atoms with van der Waals surface area (Å²) in [5.74, 6) is 2.23. The van der Waals surface area contributed by atoms with E-state index in [0.717, 1.165) is 29.2 Å². The molecular weight excluding hydrogens is 360 g/mol. The maximum atomic E-state index is 13.1. The molecule has 2 aromatic rings. The maximum Gasteiger partial charge on any atom is 0.283 e. The average molecular weight is 382 g/mol. The Bertz CT molecular complexity index is 875. The molecule has 2 aromatic carbocycles. The molecule has 27 heavy (non-hydrogen) atoms. The molecule has 0 saturated heterocycles. The van der Waals surface area contributed by atoms with Crippen LogP contribution in [0.25, 0.3) is 6.08 Å². The first-order chi connectivity index (χ1) is 13.2. The summed E-state index contributed by atoms with van der Waals surface area (Å²) in [6.45, 7) is 2.11. The van der Waals surface area contributed by atoms with Crippen LogP contribution in [0.1, 0.15) is 18.9 Å². The van der Waals surface area contributed by atoms with Gasteiger partial charge in [0.15, 0.2) is 5.17 Å². The molecule has 1 aliphatic rings. The summed E-state index contributed by atoms with van der Waals surface area (Å²) in [5, 5.41) is 0.690. The van der Waals surface area contributed by atoms with Crippen molar-refractivity contribution in [2.24, 2.45) is 4.99 Å². The highest BCUT2D eigenvalue weighted by Gasteiger charge is 2.32. The lowest BCUT2D eigenvalue weighted by molar-refractivity contribution is -0.113. The van der Waals surface area contributed by atoms with Crippen molar-refractivity contribution in [3.05, 3.63) is 59.8 Å². The standard InChI is InChI=1S/C21H22N2O3S/c1-4-12-27-21-22-19(13-15-8-10-17(25-2)11-9-15)20(24)23(21)16-6-5-7-18(14-16)26-3/h5-11,13-14H,4,12H2,1-3H3/b19-13+.